The summed E-state index contributed by atoms with van der Waals surface area (Å²) in [6.45, 7) is 4.28. The first-order chi connectivity index (χ1) is 12.7. The maximum absolute atomic E-state index is 2.28. The van der Waals surface area contributed by atoms with Gasteiger partial charge in [-0.3, -0.25) is 0 Å². The normalized spacial score (nSPS) is 10.7. The van der Waals surface area contributed by atoms with Crippen LogP contribution in [-0.2, 0) is 0 Å². The van der Waals surface area contributed by atoms with E-state index in [0.717, 1.165) is 0 Å². The Morgan fingerprint density at radius 3 is 1.62 bits per heavy atom. The monoisotopic (exact) mass is 334 g/mol. The Bertz CT molecular complexity index is 1020. The van der Waals surface area contributed by atoms with Crippen LogP contribution in [0.25, 0.3) is 33.4 Å². The lowest BCUT2D eigenvalue weighted by molar-refractivity contribution is 1.46. The van der Waals surface area contributed by atoms with Crippen LogP contribution in [0.5, 0.6) is 0 Å². The van der Waals surface area contributed by atoms with Gasteiger partial charge in [0, 0.05) is 0 Å². The Labute approximate surface area is 155 Å². The fourth-order valence-corrected chi connectivity index (χ4v) is 3.36. The predicted molar refractivity (Wildman–Crippen MR) is 112 cm³/mol. The van der Waals surface area contributed by atoms with Gasteiger partial charge in [-0.1, -0.05) is 96.6 Å². The van der Waals surface area contributed by atoms with Gasteiger partial charge in [0.05, 0.1) is 0 Å². The Morgan fingerprint density at radius 1 is 0.423 bits per heavy atom. The van der Waals surface area contributed by atoms with Crippen LogP contribution in [0.2, 0.25) is 0 Å². The van der Waals surface area contributed by atoms with E-state index >= 15 is 0 Å². The van der Waals surface area contributed by atoms with Gasteiger partial charge in [0.2, 0.25) is 0 Å². The standard InChI is InChI=1S/C26H22/c1-19-10-12-21(13-11-19)22-14-16-23(17-15-22)24-7-5-8-25(18-24)26-9-4-3-6-20(26)2/h3-18H,1-2H3. The van der Waals surface area contributed by atoms with E-state index in [1.807, 2.05) is 0 Å². The highest BCUT2D eigenvalue weighted by Gasteiger charge is 2.04. The first-order valence-corrected chi connectivity index (χ1v) is 9.04. The summed E-state index contributed by atoms with van der Waals surface area (Å²) in [6, 6.07) is 34.9. The molecule has 0 unspecified atom stereocenters. The zero-order chi connectivity index (χ0) is 17.9. The summed E-state index contributed by atoms with van der Waals surface area (Å²) >= 11 is 0. The minimum atomic E-state index is 1.25. The van der Waals surface area contributed by atoms with E-state index in [0.29, 0.717) is 0 Å². The third kappa shape index (κ3) is 3.32. The quantitative estimate of drug-likeness (QED) is 0.368. The molecular formula is C26H22. The molecule has 0 saturated carbocycles. The molecule has 0 saturated heterocycles. The summed E-state index contributed by atoms with van der Waals surface area (Å²) in [5.74, 6) is 0. The average Bonchev–Trinajstić information content (AvgIpc) is 2.69. The zero-order valence-electron chi connectivity index (χ0n) is 15.2. The second kappa shape index (κ2) is 7.01. The Kier molecular flexibility index (Phi) is 4.41. The average molecular weight is 334 g/mol. The molecule has 0 atom stereocenters. The maximum atomic E-state index is 2.28. The number of aryl methyl sites for hydroxylation is 2. The first kappa shape index (κ1) is 16.4. The molecule has 0 heteroatoms. The Balaban J connectivity index is 1.67. The van der Waals surface area contributed by atoms with E-state index in [1.54, 1.807) is 0 Å². The van der Waals surface area contributed by atoms with Gasteiger partial charge in [0.1, 0.15) is 0 Å². The molecule has 4 rings (SSSR count). The van der Waals surface area contributed by atoms with Gasteiger partial charge in [-0.25, -0.2) is 0 Å². The molecule has 4 aromatic carbocycles. The summed E-state index contributed by atoms with van der Waals surface area (Å²) in [7, 11) is 0. The molecule has 26 heavy (non-hydrogen) atoms. The van der Waals surface area contributed by atoms with Crippen LogP contribution in [0.4, 0.5) is 0 Å². The molecule has 0 fully saturated rings. The van der Waals surface area contributed by atoms with E-state index in [-0.39, 0.29) is 0 Å². The molecular weight excluding hydrogens is 312 g/mol. The molecule has 0 heterocycles. The number of hydrogen-bond donors (Lipinski definition) is 0. The van der Waals surface area contributed by atoms with E-state index in [9.17, 15) is 0 Å². The topological polar surface area (TPSA) is 0 Å². The van der Waals surface area contributed by atoms with Gasteiger partial charge in [0.25, 0.3) is 0 Å². The number of hydrogen-bond acceptors (Lipinski definition) is 0. The van der Waals surface area contributed by atoms with Gasteiger partial charge < -0.3 is 0 Å². The summed E-state index contributed by atoms with van der Waals surface area (Å²) in [5.41, 5.74) is 10.2. The smallest absolute Gasteiger partial charge is 0.0155 e. The third-order valence-electron chi connectivity index (χ3n) is 4.92. The zero-order valence-corrected chi connectivity index (χ0v) is 15.2. The molecule has 0 nitrogen and oxygen atoms in total. The molecule has 0 aliphatic carbocycles. The van der Waals surface area contributed by atoms with Gasteiger partial charge in [-0.2, -0.15) is 0 Å². The first-order valence-electron chi connectivity index (χ1n) is 9.04. The molecule has 0 amide bonds. The summed E-state index contributed by atoms with van der Waals surface area (Å²) in [4.78, 5) is 0. The van der Waals surface area contributed by atoms with Gasteiger partial charge >= 0.3 is 0 Å². The van der Waals surface area contributed by atoms with Crippen LogP contribution in [0.3, 0.4) is 0 Å². The highest BCUT2D eigenvalue weighted by molar-refractivity contribution is 5.76. The highest BCUT2D eigenvalue weighted by Crippen LogP contribution is 2.29. The van der Waals surface area contributed by atoms with Crippen molar-refractivity contribution in [2.75, 3.05) is 0 Å². The van der Waals surface area contributed by atoms with E-state index in [2.05, 4.69) is 111 Å². The molecule has 0 aliphatic heterocycles. The Morgan fingerprint density at radius 2 is 0.962 bits per heavy atom. The highest BCUT2D eigenvalue weighted by atomic mass is 14.1. The predicted octanol–water partition coefficient (Wildman–Crippen LogP) is 7.30. The second-order valence-electron chi connectivity index (χ2n) is 6.84. The van der Waals surface area contributed by atoms with Crippen molar-refractivity contribution in [2.45, 2.75) is 13.8 Å². The van der Waals surface area contributed by atoms with Crippen molar-refractivity contribution in [3.63, 3.8) is 0 Å². The SMILES string of the molecule is Cc1ccc(-c2ccc(-c3cccc(-c4ccccc4C)c3)cc2)cc1. The van der Waals surface area contributed by atoms with Gasteiger partial charge in [-0.05, 0) is 58.9 Å². The van der Waals surface area contributed by atoms with Gasteiger partial charge in [0.15, 0.2) is 0 Å². The molecule has 0 aliphatic rings. The van der Waals surface area contributed by atoms with Crippen molar-refractivity contribution in [2.24, 2.45) is 0 Å². The fourth-order valence-electron chi connectivity index (χ4n) is 3.36. The van der Waals surface area contributed by atoms with Crippen molar-refractivity contribution in [1.82, 2.24) is 0 Å². The van der Waals surface area contributed by atoms with Crippen molar-refractivity contribution < 1.29 is 0 Å². The summed E-state index contributed by atoms with van der Waals surface area (Å²) in [6.07, 6.45) is 0. The van der Waals surface area contributed by atoms with E-state index < -0.39 is 0 Å². The summed E-state index contributed by atoms with van der Waals surface area (Å²) in [5, 5.41) is 0. The van der Waals surface area contributed by atoms with Crippen LogP contribution >= 0.6 is 0 Å². The lowest BCUT2D eigenvalue weighted by Gasteiger charge is -2.09. The van der Waals surface area contributed by atoms with Crippen LogP contribution in [0, 0.1) is 13.8 Å². The van der Waals surface area contributed by atoms with Crippen molar-refractivity contribution >= 4 is 0 Å². The molecule has 0 N–H and O–H groups in total. The maximum Gasteiger partial charge on any atom is -0.0155 e. The molecule has 0 bridgehead atoms. The lowest BCUT2D eigenvalue weighted by Crippen LogP contribution is -1.85. The molecule has 0 aromatic heterocycles. The van der Waals surface area contributed by atoms with Crippen LogP contribution < -0.4 is 0 Å². The van der Waals surface area contributed by atoms with Crippen molar-refractivity contribution in [1.29, 1.82) is 0 Å². The Hall–Kier alpha value is -3.12. The van der Waals surface area contributed by atoms with Crippen molar-refractivity contribution in [3.05, 3.63) is 108 Å². The van der Waals surface area contributed by atoms with Crippen LogP contribution in [0.15, 0.2) is 97.1 Å². The number of rotatable bonds is 3. The third-order valence-corrected chi connectivity index (χ3v) is 4.92. The fraction of sp³-hybridized carbons (Fsp3) is 0.0769. The molecule has 0 spiro atoms. The minimum Gasteiger partial charge on any atom is -0.0620 e. The van der Waals surface area contributed by atoms with Crippen LogP contribution in [-0.4, -0.2) is 0 Å². The largest absolute Gasteiger partial charge is 0.0620 e. The molecule has 4 aromatic rings. The summed E-state index contributed by atoms with van der Waals surface area (Å²) < 4.78 is 0. The minimum absolute atomic E-state index is 1.25. The molecule has 126 valence electrons. The number of benzene rings is 4. The van der Waals surface area contributed by atoms with E-state index in [1.165, 1.54) is 44.5 Å². The second-order valence-corrected chi connectivity index (χ2v) is 6.84. The van der Waals surface area contributed by atoms with Gasteiger partial charge in [-0.15, -0.1) is 0 Å². The molecule has 0 radical (unpaired) electrons. The lowest BCUT2D eigenvalue weighted by atomic mass is 9.95. The van der Waals surface area contributed by atoms with E-state index in [4.69, 9.17) is 0 Å². The van der Waals surface area contributed by atoms with Crippen LogP contribution in [0.1, 0.15) is 11.1 Å². The van der Waals surface area contributed by atoms with Crippen molar-refractivity contribution in [3.8, 4) is 33.4 Å².